The van der Waals surface area contributed by atoms with Gasteiger partial charge in [-0.3, -0.25) is 4.79 Å². The van der Waals surface area contributed by atoms with Crippen molar-refractivity contribution in [3.05, 3.63) is 68.3 Å². The molecule has 0 aliphatic carbocycles. The second-order valence-electron chi connectivity index (χ2n) is 3.90. The molecule has 98 valence electrons. The van der Waals surface area contributed by atoms with Gasteiger partial charge in [0.15, 0.2) is 0 Å². The number of hydrogen-bond acceptors (Lipinski definition) is 2. The summed E-state index contributed by atoms with van der Waals surface area (Å²) < 4.78 is 14.9. The van der Waals surface area contributed by atoms with Crippen molar-refractivity contribution >= 4 is 21.9 Å². The Kier molecular flexibility index (Phi) is 3.80. The highest BCUT2D eigenvalue weighted by Crippen LogP contribution is 2.20. The van der Waals surface area contributed by atoms with E-state index in [1.165, 1.54) is 35.0 Å². The maximum absolute atomic E-state index is 13.4. The summed E-state index contributed by atoms with van der Waals surface area (Å²) >= 11 is 3.10. The Bertz CT molecular complexity index is 697. The van der Waals surface area contributed by atoms with Gasteiger partial charge in [0.1, 0.15) is 5.82 Å². The first-order valence-corrected chi connectivity index (χ1v) is 6.15. The zero-order valence-electron chi connectivity index (χ0n) is 9.64. The highest BCUT2D eigenvalue weighted by atomic mass is 79.9. The van der Waals surface area contributed by atoms with Gasteiger partial charge in [-0.15, -0.1) is 0 Å². The largest absolute Gasteiger partial charge is 0.478 e. The fraction of sp³-hybridized carbons (Fsp3) is 0.0769. The number of aromatic carboxylic acids is 1. The number of carboxylic acid groups (broad SMARTS) is 1. The van der Waals surface area contributed by atoms with E-state index in [1.807, 2.05) is 0 Å². The standard InChI is InChI=1S/C13H9BrFNO3/c14-12-8(2-1-3-10(12)15)6-16-7-9(13(18)19)4-5-11(16)17/h1-5,7H,6H2,(H,18,19). The van der Waals surface area contributed by atoms with E-state index in [4.69, 9.17) is 5.11 Å². The number of benzene rings is 1. The molecule has 0 spiro atoms. The third kappa shape index (κ3) is 2.90. The predicted octanol–water partition coefficient (Wildman–Crippen LogP) is 2.50. The summed E-state index contributed by atoms with van der Waals surface area (Å²) in [6.07, 6.45) is 1.24. The molecule has 4 nitrogen and oxygen atoms in total. The van der Waals surface area contributed by atoms with Gasteiger partial charge in [-0.05, 0) is 33.6 Å². The number of carbonyl (C=O) groups is 1. The monoisotopic (exact) mass is 325 g/mol. The van der Waals surface area contributed by atoms with Crippen molar-refractivity contribution < 1.29 is 14.3 Å². The van der Waals surface area contributed by atoms with Crippen LogP contribution in [0.2, 0.25) is 0 Å². The van der Waals surface area contributed by atoms with E-state index < -0.39 is 11.8 Å². The van der Waals surface area contributed by atoms with Gasteiger partial charge < -0.3 is 9.67 Å². The molecule has 0 atom stereocenters. The second-order valence-corrected chi connectivity index (χ2v) is 4.70. The van der Waals surface area contributed by atoms with Crippen molar-refractivity contribution in [2.24, 2.45) is 0 Å². The lowest BCUT2D eigenvalue weighted by molar-refractivity contribution is 0.0696. The molecule has 1 N–H and O–H groups in total. The molecule has 0 unspecified atom stereocenters. The Morgan fingerprint density at radius 1 is 1.32 bits per heavy atom. The van der Waals surface area contributed by atoms with Crippen LogP contribution in [0.3, 0.4) is 0 Å². The smallest absolute Gasteiger partial charge is 0.337 e. The maximum Gasteiger partial charge on any atom is 0.337 e. The van der Waals surface area contributed by atoms with Crippen LogP contribution in [0.5, 0.6) is 0 Å². The van der Waals surface area contributed by atoms with E-state index >= 15 is 0 Å². The molecule has 0 bridgehead atoms. The van der Waals surface area contributed by atoms with Crippen molar-refractivity contribution in [1.29, 1.82) is 0 Å². The summed E-state index contributed by atoms with van der Waals surface area (Å²) in [5.41, 5.74) is 0.220. The maximum atomic E-state index is 13.4. The summed E-state index contributed by atoms with van der Waals surface area (Å²) in [6, 6.07) is 6.90. The van der Waals surface area contributed by atoms with Gasteiger partial charge in [-0.25, -0.2) is 9.18 Å². The summed E-state index contributed by atoms with van der Waals surface area (Å²) in [5, 5.41) is 8.88. The number of halogens is 2. The molecule has 0 fully saturated rings. The first kappa shape index (κ1) is 13.5. The number of hydrogen-bond donors (Lipinski definition) is 1. The van der Waals surface area contributed by atoms with E-state index in [1.54, 1.807) is 6.07 Å². The molecule has 0 aliphatic heterocycles. The second kappa shape index (κ2) is 5.36. The molecule has 0 radical (unpaired) electrons. The molecular formula is C13H9BrFNO3. The lowest BCUT2D eigenvalue weighted by Gasteiger charge is -2.09. The minimum Gasteiger partial charge on any atom is -0.478 e. The number of rotatable bonds is 3. The van der Waals surface area contributed by atoms with E-state index in [2.05, 4.69) is 15.9 Å². The molecule has 6 heteroatoms. The molecular weight excluding hydrogens is 317 g/mol. The Labute approximate surface area is 116 Å². The van der Waals surface area contributed by atoms with Crippen LogP contribution < -0.4 is 5.56 Å². The van der Waals surface area contributed by atoms with Crippen LogP contribution in [0.15, 0.2) is 45.8 Å². The Balaban J connectivity index is 2.43. The fourth-order valence-electron chi connectivity index (χ4n) is 1.64. The van der Waals surface area contributed by atoms with Crippen LogP contribution in [0.1, 0.15) is 15.9 Å². The minimum atomic E-state index is -1.12. The lowest BCUT2D eigenvalue weighted by atomic mass is 10.2. The summed E-state index contributed by atoms with van der Waals surface area (Å²) in [5.74, 6) is -1.55. The van der Waals surface area contributed by atoms with Gasteiger partial charge in [0.05, 0.1) is 16.6 Å². The molecule has 0 saturated heterocycles. The van der Waals surface area contributed by atoms with Gasteiger partial charge in [-0.2, -0.15) is 0 Å². The number of carboxylic acids is 1. The Morgan fingerprint density at radius 3 is 2.74 bits per heavy atom. The first-order valence-electron chi connectivity index (χ1n) is 5.35. The summed E-state index contributed by atoms with van der Waals surface area (Å²) in [4.78, 5) is 22.5. The van der Waals surface area contributed by atoms with Crippen LogP contribution in [-0.4, -0.2) is 15.6 Å². The number of nitrogens with zero attached hydrogens (tertiary/aromatic N) is 1. The average molecular weight is 326 g/mol. The highest BCUT2D eigenvalue weighted by molar-refractivity contribution is 9.10. The van der Waals surface area contributed by atoms with Crippen molar-refractivity contribution in [1.82, 2.24) is 4.57 Å². The molecule has 1 heterocycles. The Morgan fingerprint density at radius 2 is 2.05 bits per heavy atom. The van der Waals surface area contributed by atoms with E-state index in [0.717, 1.165) is 0 Å². The fourth-order valence-corrected chi connectivity index (χ4v) is 2.03. The molecule has 2 aromatic rings. The molecule has 0 amide bonds. The van der Waals surface area contributed by atoms with Gasteiger partial charge >= 0.3 is 5.97 Å². The van der Waals surface area contributed by atoms with Crippen molar-refractivity contribution in [3.63, 3.8) is 0 Å². The number of pyridine rings is 1. The Hall–Kier alpha value is -1.95. The van der Waals surface area contributed by atoms with Crippen LogP contribution in [0.4, 0.5) is 4.39 Å². The van der Waals surface area contributed by atoms with Crippen LogP contribution >= 0.6 is 15.9 Å². The predicted molar refractivity (Wildman–Crippen MR) is 70.9 cm³/mol. The van der Waals surface area contributed by atoms with E-state index in [-0.39, 0.29) is 22.1 Å². The number of aromatic nitrogens is 1. The van der Waals surface area contributed by atoms with Gasteiger partial charge in [0.25, 0.3) is 5.56 Å². The van der Waals surface area contributed by atoms with E-state index in [9.17, 15) is 14.0 Å². The molecule has 0 aliphatic rings. The average Bonchev–Trinajstić information content (AvgIpc) is 2.37. The molecule has 1 aromatic heterocycles. The summed E-state index contributed by atoms with van der Waals surface area (Å²) in [7, 11) is 0. The van der Waals surface area contributed by atoms with Crippen LogP contribution in [0.25, 0.3) is 0 Å². The normalized spacial score (nSPS) is 10.4. The van der Waals surface area contributed by atoms with Gasteiger partial charge in [0, 0.05) is 12.3 Å². The quantitative estimate of drug-likeness (QED) is 0.943. The van der Waals surface area contributed by atoms with Crippen LogP contribution in [-0.2, 0) is 6.54 Å². The van der Waals surface area contributed by atoms with Crippen LogP contribution in [0, 0.1) is 5.82 Å². The molecule has 19 heavy (non-hydrogen) atoms. The zero-order valence-corrected chi connectivity index (χ0v) is 11.2. The third-order valence-electron chi connectivity index (χ3n) is 2.60. The lowest BCUT2D eigenvalue weighted by Crippen LogP contribution is -2.21. The molecule has 0 saturated carbocycles. The minimum absolute atomic E-state index is 0.00660. The van der Waals surface area contributed by atoms with Gasteiger partial charge in [-0.1, -0.05) is 12.1 Å². The first-order chi connectivity index (χ1) is 8.99. The molecule has 2 rings (SSSR count). The van der Waals surface area contributed by atoms with Crippen molar-refractivity contribution in [3.8, 4) is 0 Å². The van der Waals surface area contributed by atoms with Crippen molar-refractivity contribution in [2.45, 2.75) is 6.54 Å². The van der Waals surface area contributed by atoms with Gasteiger partial charge in [0.2, 0.25) is 0 Å². The highest BCUT2D eigenvalue weighted by Gasteiger charge is 2.09. The SMILES string of the molecule is O=C(O)c1ccc(=O)n(Cc2cccc(F)c2Br)c1. The molecule has 1 aromatic carbocycles. The topological polar surface area (TPSA) is 59.3 Å². The van der Waals surface area contributed by atoms with E-state index in [0.29, 0.717) is 5.56 Å². The summed E-state index contributed by atoms with van der Waals surface area (Å²) in [6.45, 7) is 0.0955. The third-order valence-corrected chi connectivity index (χ3v) is 3.49. The zero-order chi connectivity index (χ0) is 14.0. The van der Waals surface area contributed by atoms with Crippen molar-refractivity contribution in [2.75, 3.05) is 0 Å².